The number of carbonyl (C=O) groups is 1. The van der Waals surface area contributed by atoms with Crippen LogP contribution < -0.4 is 16.6 Å². The van der Waals surface area contributed by atoms with Crippen LogP contribution in [0.4, 0.5) is 5.69 Å². The predicted octanol–water partition coefficient (Wildman–Crippen LogP) is 1.90. The lowest BCUT2D eigenvalue weighted by atomic mass is 10.1. The summed E-state index contributed by atoms with van der Waals surface area (Å²) in [7, 11) is 2.97. The summed E-state index contributed by atoms with van der Waals surface area (Å²) in [5, 5.41) is 3.09. The average Bonchev–Trinajstić information content (AvgIpc) is 2.67. The number of benzene rings is 1. The van der Waals surface area contributed by atoms with E-state index in [-0.39, 0.29) is 16.9 Å². The van der Waals surface area contributed by atoms with E-state index >= 15 is 0 Å². The van der Waals surface area contributed by atoms with Crippen LogP contribution in [-0.2, 0) is 25.3 Å². The molecule has 1 aromatic carbocycles. The van der Waals surface area contributed by atoms with Gasteiger partial charge in [0.15, 0.2) is 5.65 Å². The third kappa shape index (κ3) is 3.67. The van der Waals surface area contributed by atoms with Crippen LogP contribution in [0.15, 0.2) is 46.1 Å². The summed E-state index contributed by atoms with van der Waals surface area (Å²) < 4.78 is 2.33. The summed E-state index contributed by atoms with van der Waals surface area (Å²) in [5.74, 6) is -0.169. The Balaban J connectivity index is 1.86. The van der Waals surface area contributed by atoms with Crippen LogP contribution in [0.25, 0.3) is 11.0 Å². The highest BCUT2D eigenvalue weighted by molar-refractivity contribution is 6.00. The molecule has 3 aromatic rings. The summed E-state index contributed by atoms with van der Waals surface area (Å²) in [6.07, 6.45) is 3.40. The van der Waals surface area contributed by atoms with Crippen LogP contribution >= 0.6 is 0 Å². The Morgan fingerprint density at radius 1 is 1.11 bits per heavy atom. The molecule has 0 unspecified atom stereocenters. The number of amides is 1. The molecule has 27 heavy (non-hydrogen) atoms. The van der Waals surface area contributed by atoms with Crippen molar-refractivity contribution >= 4 is 22.6 Å². The van der Waals surface area contributed by atoms with Gasteiger partial charge >= 0.3 is 5.69 Å². The van der Waals surface area contributed by atoms with E-state index in [1.165, 1.54) is 17.2 Å². The van der Waals surface area contributed by atoms with Crippen molar-refractivity contribution in [3.8, 4) is 0 Å². The van der Waals surface area contributed by atoms with E-state index in [2.05, 4.69) is 10.3 Å². The lowest BCUT2D eigenvalue weighted by Gasteiger charge is -2.13. The second-order valence-corrected chi connectivity index (χ2v) is 6.61. The van der Waals surface area contributed by atoms with Crippen molar-refractivity contribution in [3.63, 3.8) is 0 Å². The highest BCUT2D eigenvalue weighted by Gasteiger charge is 2.17. The molecular weight excluding hydrogens is 344 g/mol. The zero-order valence-electron chi connectivity index (χ0n) is 15.7. The Labute approximate surface area is 156 Å². The third-order valence-corrected chi connectivity index (χ3v) is 4.64. The molecule has 2 aromatic heterocycles. The van der Waals surface area contributed by atoms with Gasteiger partial charge in [-0.25, -0.2) is 9.78 Å². The van der Waals surface area contributed by atoms with E-state index in [9.17, 15) is 14.4 Å². The van der Waals surface area contributed by atoms with Gasteiger partial charge in [-0.05, 0) is 30.9 Å². The fourth-order valence-corrected chi connectivity index (χ4v) is 3.08. The van der Waals surface area contributed by atoms with Crippen molar-refractivity contribution in [2.45, 2.75) is 26.2 Å². The zero-order chi connectivity index (χ0) is 19.6. The quantitative estimate of drug-likeness (QED) is 0.747. The number of nitrogens with zero attached hydrogens (tertiary/aromatic N) is 3. The van der Waals surface area contributed by atoms with Crippen molar-refractivity contribution in [3.05, 3.63) is 68.5 Å². The van der Waals surface area contributed by atoms with E-state index < -0.39 is 11.2 Å². The molecule has 2 heterocycles. The maximum atomic E-state index is 12.6. The van der Waals surface area contributed by atoms with E-state index in [1.54, 1.807) is 20.2 Å². The van der Waals surface area contributed by atoms with Gasteiger partial charge in [-0.15, -0.1) is 0 Å². The fraction of sp³-hybridized carbons (Fsp3) is 0.300. The molecule has 0 aliphatic heterocycles. The highest BCUT2D eigenvalue weighted by Crippen LogP contribution is 2.22. The maximum Gasteiger partial charge on any atom is 0.332 e. The second-order valence-electron chi connectivity index (χ2n) is 6.61. The predicted molar refractivity (Wildman–Crippen MR) is 105 cm³/mol. The van der Waals surface area contributed by atoms with E-state index in [0.717, 1.165) is 11.0 Å². The molecule has 0 aliphatic rings. The fourth-order valence-electron chi connectivity index (χ4n) is 3.08. The van der Waals surface area contributed by atoms with E-state index in [1.807, 2.05) is 30.3 Å². The molecule has 0 atom stereocenters. The number of hydrogen-bond donors (Lipinski definition) is 1. The molecular formula is C20H22N4O3. The van der Waals surface area contributed by atoms with Crippen LogP contribution in [0.2, 0.25) is 0 Å². The van der Waals surface area contributed by atoms with Gasteiger partial charge < -0.3 is 5.32 Å². The van der Waals surface area contributed by atoms with Gasteiger partial charge in [-0.3, -0.25) is 18.7 Å². The number of pyridine rings is 1. The van der Waals surface area contributed by atoms with Gasteiger partial charge in [-0.1, -0.05) is 30.3 Å². The van der Waals surface area contributed by atoms with Crippen LogP contribution in [0, 0.1) is 6.92 Å². The maximum absolute atomic E-state index is 12.6. The molecule has 0 spiro atoms. The zero-order valence-corrected chi connectivity index (χ0v) is 15.7. The first-order chi connectivity index (χ1) is 12.9. The number of carbonyl (C=O) groups excluding carboxylic acids is 1. The average molecular weight is 366 g/mol. The number of anilines is 1. The Kier molecular flexibility index (Phi) is 5.21. The molecule has 140 valence electrons. The van der Waals surface area contributed by atoms with E-state index in [0.29, 0.717) is 24.1 Å². The Morgan fingerprint density at radius 3 is 2.52 bits per heavy atom. The van der Waals surface area contributed by atoms with Crippen molar-refractivity contribution in [1.29, 1.82) is 0 Å². The minimum atomic E-state index is -0.469. The minimum Gasteiger partial charge on any atom is -0.325 e. The molecule has 0 aliphatic carbocycles. The van der Waals surface area contributed by atoms with Gasteiger partial charge in [0.2, 0.25) is 5.91 Å². The Morgan fingerprint density at radius 2 is 1.81 bits per heavy atom. The smallest absolute Gasteiger partial charge is 0.325 e. The molecule has 0 bridgehead atoms. The van der Waals surface area contributed by atoms with Gasteiger partial charge in [-0.2, -0.15) is 0 Å². The molecule has 0 saturated carbocycles. The van der Waals surface area contributed by atoms with E-state index in [4.69, 9.17) is 0 Å². The number of aryl methyl sites for hydroxylation is 3. The van der Waals surface area contributed by atoms with Crippen molar-refractivity contribution in [1.82, 2.24) is 14.1 Å². The topological polar surface area (TPSA) is 86.0 Å². The van der Waals surface area contributed by atoms with Crippen molar-refractivity contribution < 1.29 is 4.79 Å². The van der Waals surface area contributed by atoms with Crippen LogP contribution in [0.3, 0.4) is 0 Å². The summed E-state index contributed by atoms with van der Waals surface area (Å²) >= 11 is 0. The van der Waals surface area contributed by atoms with Gasteiger partial charge in [0.1, 0.15) is 5.39 Å². The summed E-state index contributed by atoms with van der Waals surface area (Å²) in [6.45, 7) is 1.77. The molecule has 1 amide bonds. The Bertz CT molecular complexity index is 1110. The number of rotatable bonds is 5. The third-order valence-electron chi connectivity index (χ3n) is 4.64. The van der Waals surface area contributed by atoms with Gasteiger partial charge in [0, 0.05) is 26.7 Å². The van der Waals surface area contributed by atoms with Crippen molar-refractivity contribution in [2.24, 2.45) is 14.1 Å². The number of nitrogens with one attached hydrogen (secondary N) is 1. The van der Waals surface area contributed by atoms with Crippen LogP contribution in [-0.4, -0.2) is 20.0 Å². The molecule has 7 nitrogen and oxygen atoms in total. The number of aromatic nitrogens is 3. The lowest BCUT2D eigenvalue weighted by molar-refractivity contribution is -0.116. The normalized spacial score (nSPS) is 10.9. The van der Waals surface area contributed by atoms with Gasteiger partial charge in [0.05, 0.1) is 5.69 Å². The second kappa shape index (κ2) is 7.57. The molecule has 7 heteroatoms. The summed E-state index contributed by atoms with van der Waals surface area (Å²) in [5.41, 5.74) is 1.61. The first-order valence-electron chi connectivity index (χ1n) is 8.79. The molecule has 0 radical (unpaired) electrons. The first-order valence-corrected chi connectivity index (χ1v) is 8.79. The first kappa shape index (κ1) is 18.6. The standard InChI is InChI=1S/C20H22N4O3/c1-13-12-21-18-16(19(26)24(3)20(27)23(18)2)17(13)22-15(25)11-7-10-14-8-5-4-6-9-14/h4-6,8-9,12H,7,10-11H2,1-3H3,(H,21,22,25). The number of hydrogen-bond acceptors (Lipinski definition) is 4. The van der Waals surface area contributed by atoms with Gasteiger partial charge in [0.25, 0.3) is 5.56 Å². The molecule has 0 fully saturated rings. The lowest BCUT2D eigenvalue weighted by Crippen LogP contribution is -2.37. The SMILES string of the molecule is Cc1cnc2c(c1NC(=O)CCCc1ccccc1)c(=O)n(C)c(=O)n2C. The molecule has 3 rings (SSSR count). The Hall–Kier alpha value is -3.22. The largest absolute Gasteiger partial charge is 0.332 e. The monoisotopic (exact) mass is 366 g/mol. The molecule has 0 saturated heterocycles. The van der Waals surface area contributed by atoms with Crippen LogP contribution in [0.1, 0.15) is 24.0 Å². The minimum absolute atomic E-state index is 0.169. The summed E-state index contributed by atoms with van der Waals surface area (Å²) in [4.78, 5) is 41.4. The van der Waals surface area contributed by atoms with Crippen LogP contribution in [0.5, 0.6) is 0 Å². The van der Waals surface area contributed by atoms with Crippen molar-refractivity contribution in [2.75, 3.05) is 5.32 Å². The highest BCUT2D eigenvalue weighted by atomic mass is 16.2. The molecule has 1 N–H and O–H groups in total. The summed E-state index contributed by atoms with van der Waals surface area (Å²) in [6, 6.07) is 9.97. The number of fused-ring (bicyclic) bond motifs is 1.